The molecule has 0 atom stereocenters. The van der Waals surface area contributed by atoms with Crippen LogP contribution in [0, 0.1) is 0 Å². The highest BCUT2D eigenvalue weighted by molar-refractivity contribution is 5.16. The monoisotopic (exact) mass is 152 g/mol. The third-order valence-electron chi connectivity index (χ3n) is 0.985. The van der Waals surface area contributed by atoms with Gasteiger partial charge in [0.05, 0.1) is 6.10 Å². The van der Waals surface area contributed by atoms with Crippen LogP contribution >= 0.6 is 0 Å². The summed E-state index contributed by atoms with van der Waals surface area (Å²) in [6.07, 6.45) is 7.65. The minimum absolute atomic E-state index is 0.220. The van der Waals surface area contributed by atoms with Crippen LogP contribution in [0.5, 0.6) is 0 Å². The van der Waals surface area contributed by atoms with E-state index in [4.69, 9.17) is 4.74 Å². The van der Waals surface area contributed by atoms with Crippen LogP contribution in [0.2, 0.25) is 0 Å². The van der Waals surface area contributed by atoms with Crippen molar-refractivity contribution in [3.05, 3.63) is 36.6 Å². The maximum atomic E-state index is 5.43. The van der Waals surface area contributed by atoms with Gasteiger partial charge >= 0.3 is 0 Å². The first-order chi connectivity index (χ1) is 5.20. The smallest absolute Gasteiger partial charge is 0.119 e. The van der Waals surface area contributed by atoms with Crippen LogP contribution in [0.25, 0.3) is 0 Å². The lowest BCUT2D eigenvalue weighted by molar-refractivity contribution is 0.158. The summed E-state index contributed by atoms with van der Waals surface area (Å²) < 4.78 is 5.43. The Bertz CT molecular complexity index is 164. The average Bonchev–Trinajstić information content (AvgIpc) is 1.87. The predicted molar refractivity (Wildman–Crippen MR) is 49.3 cm³/mol. The fraction of sp³-hybridized carbons (Fsp3) is 0.400. The van der Waals surface area contributed by atoms with Gasteiger partial charge in [0.15, 0.2) is 0 Å². The molecule has 0 amide bonds. The summed E-state index contributed by atoms with van der Waals surface area (Å²) in [5, 5.41) is 0. The summed E-state index contributed by atoms with van der Waals surface area (Å²) in [6.45, 7) is 9.56. The maximum Gasteiger partial charge on any atom is 0.119 e. The molecule has 0 unspecified atom stereocenters. The highest BCUT2D eigenvalue weighted by Crippen LogP contribution is 2.03. The van der Waals surface area contributed by atoms with Crippen LogP contribution in [0.1, 0.15) is 20.8 Å². The molecule has 0 aromatic rings. The molecule has 1 heteroatoms. The van der Waals surface area contributed by atoms with Crippen molar-refractivity contribution in [3.8, 4) is 0 Å². The van der Waals surface area contributed by atoms with Crippen molar-refractivity contribution in [2.45, 2.75) is 26.9 Å². The molecular weight excluding hydrogens is 136 g/mol. The molecule has 0 radical (unpaired) electrons. The first kappa shape index (κ1) is 10.0. The lowest BCUT2D eigenvalue weighted by Crippen LogP contribution is -2.00. The first-order valence-corrected chi connectivity index (χ1v) is 3.82. The first-order valence-electron chi connectivity index (χ1n) is 3.82. The largest absolute Gasteiger partial charge is 0.491 e. The predicted octanol–water partition coefficient (Wildman–Crippen LogP) is 3.06. The van der Waals surface area contributed by atoms with E-state index in [2.05, 4.69) is 6.58 Å². The van der Waals surface area contributed by atoms with Gasteiger partial charge in [-0.25, -0.2) is 0 Å². The fourth-order valence-corrected chi connectivity index (χ4v) is 0.687. The van der Waals surface area contributed by atoms with E-state index >= 15 is 0 Å². The minimum Gasteiger partial charge on any atom is -0.491 e. The topological polar surface area (TPSA) is 9.23 Å². The zero-order chi connectivity index (χ0) is 8.69. The Labute approximate surface area is 69.1 Å². The van der Waals surface area contributed by atoms with Crippen molar-refractivity contribution in [1.29, 1.82) is 0 Å². The summed E-state index contributed by atoms with van der Waals surface area (Å²) in [6, 6.07) is 0. The Morgan fingerprint density at radius 2 is 2.09 bits per heavy atom. The van der Waals surface area contributed by atoms with Gasteiger partial charge < -0.3 is 4.74 Å². The molecule has 0 N–H and O–H groups in total. The van der Waals surface area contributed by atoms with Crippen molar-refractivity contribution < 1.29 is 4.74 Å². The minimum atomic E-state index is 0.220. The third-order valence-corrected chi connectivity index (χ3v) is 0.985. The van der Waals surface area contributed by atoms with E-state index in [1.807, 2.05) is 39.0 Å². The van der Waals surface area contributed by atoms with Crippen molar-refractivity contribution >= 4 is 0 Å². The molecule has 0 aliphatic carbocycles. The highest BCUT2D eigenvalue weighted by Gasteiger charge is 1.94. The molecule has 0 rings (SSSR count). The van der Waals surface area contributed by atoms with Crippen LogP contribution in [0.4, 0.5) is 0 Å². The Balaban J connectivity index is 4.11. The second-order valence-electron chi connectivity index (χ2n) is 2.47. The molecule has 0 aromatic heterocycles. The van der Waals surface area contributed by atoms with Gasteiger partial charge in [0.25, 0.3) is 0 Å². The molecule has 62 valence electrons. The van der Waals surface area contributed by atoms with Crippen LogP contribution in [0.15, 0.2) is 36.6 Å². The van der Waals surface area contributed by atoms with E-state index in [1.54, 1.807) is 6.08 Å². The van der Waals surface area contributed by atoms with Crippen LogP contribution in [-0.2, 0) is 4.74 Å². The third kappa shape index (κ3) is 5.46. The summed E-state index contributed by atoms with van der Waals surface area (Å²) in [5.41, 5.74) is 0. The van der Waals surface area contributed by atoms with Crippen molar-refractivity contribution in [1.82, 2.24) is 0 Å². The van der Waals surface area contributed by atoms with Gasteiger partial charge in [-0.3, -0.25) is 0 Å². The van der Waals surface area contributed by atoms with Gasteiger partial charge in [-0.15, -0.1) is 0 Å². The van der Waals surface area contributed by atoms with Gasteiger partial charge in [-0.2, -0.15) is 0 Å². The van der Waals surface area contributed by atoms with E-state index in [0.717, 1.165) is 5.76 Å². The number of hydrogen-bond acceptors (Lipinski definition) is 1. The van der Waals surface area contributed by atoms with E-state index in [1.165, 1.54) is 0 Å². The quantitative estimate of drug-likeness (QED) is 0.444. The molecule has 0 saturated carbocycles. The molecule has 1 nitrogen and oxygen atoms in total. The van der Waals surface area contributed by atoms with E-state index < -0.39 is 0 Å². The number of rotatable bonds is 4. The normalized spacial score (nSPS) is 12.5. The molecule has 0 saturated heterocycles. The molecule has 0 spiro atoms. The number of allylic oxidation sites excluding steroid dienone is 4. The maximum absolute atomic E-state index is 5.43. The molecule has 0 aliphatic heterocycles. The summed E-state index contributed by atoms with van der Waals surface area (Å²) >= 11 is 0. The summed E-state index contributed by atoms with van der Waals surface area (Å²) in [4.78, 5) is 0. The van der Waals surface area contributed by atoms with E-state index in [0.29, 0.717) is 0 Å². The zero-order valence-electron chi connectivity index (χ0n) is 7.50. The van der Waals surface area contributed by atoms with Crippen molar-refractivity contribution in [3.63, 3.8) is 0 Å². The van der Waals surface area contributed by atoms with Gasteiger partial charge in [0, 0.05) is 0 Å². The Kier molecular flexibility index (Phi) is 5.26. The SMILES string of the molecule is C=CC=C(C=CC)OC(C)C. The summed E-state index contributed by atoms with van der Waals surface area (Å²) in [7, 11) is 0. The lowest BCUT2D eigenvalue weighted by atomic mass is 10.3. The number of ether oxygens (including phenoxy) is 1. The fourth-order valence-electron chi connectivity index (χ4n) is 0.687. The van der Waals surface area contributed by atoms with E-state index in [-0.39, 0.29) is 6.10 Å². The van der Waals surface area contributed by atoms with Crippen LogP contribution in [0.3, 0.4) is 0 Å². The molecule has 0 aromatic carbocycles. The standard InChI is InChI=1S/C10H16O/c1-5-7-10(8-6-2)11-9(3)4/h5-9H,1H2,2-4H3. The van der Waals surface area contributed by atoms with Gasteiger partial charge in [0.2, 0.25) is 0 Å². The Morgan fingerprint density at radius 3 is 2.45 bits per heavy atom. The van der Waals surface area contributed by atoms with Crippen molar-refractivity contribution in [2.24, 2.45) is 0 Å². The van der Waals surface area contributed by atoms with Gasteiger partial charge in [-0.1, -0.05) is 18.7 Å². The number of hydrogen-bond donors (Lipinski definition) is 0. The van der Waals surface area contributed by atoms with Gasteiger partial charge in [0.1, 0.15) is 5.76 Å². The van der Waals surface area contributed by atoms with Crippen molar-refractivity contribution in [2.75, 3.05) is 0 Å². The second-order valence-corrected chi connectivity index (χ2v) is 2.47. The molecule has 11 heavy (non-hydrogen) atoms. The molecule has 0 aliphatic rings. The molecule has 0 heterocycles. The lowest BCUT2D eigenvalue weighted by Gasteiger charge is -2.09. The van der Waals surface area contributed by atoms with E-state index in [9.17, 15) is 0 Å². The molecular formula is C10H16O. The average molecular weight is 152 g/mol. The second kappa shape index (κ2) is 5.78. The van der Waals surface area contributed by atoms with Crippen LogP contribution in [-0.4, -0.2) is 6.10 Å². The molecule has 0 bridgehead atoms. The Morgan fingerprint density at radius 1 is 1.45 bits per heavy atom. The summed E-state index contributed by atoms with van der Waals surface area (Å²) in [5.74, 6) is 0.859. The molecule has 0 fully saturated rings. The highest BCUT2D eigenvalue weighted by atomic mass is 16.5. The van der Waals surface area contributed by atoms with Crippen LogP contribution < -0.4 is 0 Å². The zero-order valence-corrected chi connectivity index (χ0v) is 7.50. The van der Waals surface area contributed by atoms with Gasteiger partial charge in [-0.05, 0) is 32.9 Å². The Hall–Kier alpha value is -0.980.